The zero-order chi connectivity index (χ0) is 9.26. The van der Waals surface area contributed by atoms with E-state index in [0.29, 0.717) is 12.8 Å². The maximum absolute atomic E-state index is 11.4. The number of hydrogen-bond donors (Lipinski definition) is 0. The van der Waals surface area contributed by atoms with E-state index in [1.807, 2.05) is 11.4 Å². The molecule has 3 nitrogen and oxygen atoms in total. The van der Waals surface area contributed by atoms with Gasteiger partial charge >= 0.3 is 0 Å². The van der Waals surface area contributed by atoms with Gasteiger partial charge in [-0.25, -0.2) is 4.79 Å². The lowest BCUT2D eigenvalue weighted by atomic mass is 9.94. The Morgan fingerprint density at radius 3 is 3.23 bits per heavy atom. The van der Waals surface area contributed by atoms with Crippen LogP contribution < -0.4 is 0 Å². The average Bonchev–Trinajstić information content (AvgIpc) is 2.59. The van der Waals surface area contributed by atoms with Crippen LogP contribution in [0.4, 0.5) is 0 Å². The minimum absolute atomic E-state index is 0.142. The van der Waals surface area contributed by atoms with Crippen molar-refractivity contribution >= 4 is 23.2 Å². The van der Waals surface area contributed by atoms with Gasteiger partial charge in [0, 0.05) is 6.42 Å². The Hall–Kier alpha value is -1.25. The third-order valence-corrected chi connectivity index (χ3v) is 3.13. The number of Topliss-reactive ketones (excluding diaryl/α,β-unsaturated/α-hetero) is 1. The molecule has 1 aliphatic carbocycles. The molecule has 1 atom stereocenters. The SMILES string of the molecule is O=C=NC1CCC(=O)c2sccc21. The van der Waals surface area contributed by atoms with Crippen LogP contribution in [0.25, 0.3) is 0 Å². The van der Waals surface area contributed by atoms with Crippen molar-refractivity contribution in [3.63, 3.8) is 0 Å². The predicted octanol–water partition coefficient (Wildman–Crippen LogP) is 2.10. The first-order valence-corrected chi connectivity index (χ1v) is 4.88. The monoisotopic (exact) mass is 193 g/mol. The Morgan fingerprint density at radius 2 is 2.46 bits per heavy atom. The first-order chi connectivity index (χ1) is 6.33. The fraction of sp³-hybridized carbons (Fsp3) is 0.333. The first kappa shape index (κ1) is 8.35. The minimum Gasteiger partial charge on any atom is -0.293 e. The number of aliphatic imine (C=N–C) groups is 1. The first-order valence-electron chi connectivity index (χ1n) is 4.00. The Kier molecular flexibility index (Phi) is 2.08. The van der Waals surface area contributed by atoms with Crippen molar-refractivity contribution in [2.75, 3.05) is 0 Å². The van der Waals surface area contributed by atoms with E-state index in [4.69, 9.17) is 0 Å². The molecule has 0 N–H and O–H groups in total. The molecule has 0 amide bonds. The van der Waals surface area contributed by atoms with Crippen molar-refractivity contribution < 1.29 is 9.59 Å². The van der Waals surface area contributed by atoms with Crippen LogP contribution in [0, 0.1) is 0 Å². The molecule has 1 aromatic heterocycles. The van der Waals surface area contributed by atoms with Crippen molar-refractivity contribution in [3.05, 3.63) is 21.9 Å². The molecule has 0 aliphatic heterocycles. The summed E-state index contributed by atoms with van der Waals surface area (Å²) >= 11 is 1.42. The van der Waals surface area contributed by atoms with Gasteiger partial charge < -0.3 is 0 Å². The second-order valence-electron chi connectivity index (χ2n) is 2.90. The quantitative estimate of drug-likeness (QED) is 0.506. The van der Waals surface area contributed by atoms with E-state index in [1.165, 1.54) is 11.3 Å². The highest BCUT2D eigenvalue weighted by molar-refractivity contribution is 7.12. The molecule has 0 spiro atoms. The number of carbonyl (C=O) groups is 1. The molecular formula is C9H7NO2S. The van der Waals surface area contributed by atoms with E-state index in [0.717, 1.165) is 10.4 Å². The highest BCUT2D eigenvalue weighted by atomic mass is 32.1. The van der Waals surface area contributed by atoms with Crippen LogP contribution in [-0.4, -0.2) is 11.9 Å². The number of nitrogens with zero attached hydrogens (tertiary/aromatic N) is 1. The molecule has 1 heterocycles. The van der Waals surface area contributed by atoms with Crippen LogP contribution in [0.3, 0.4) is 0 Å². The topological polar surface area (TPSA) is 46.5 Å². The van der Waals surface area contributed by atoms with Gasteiger partial charge in [0.05, 0.1) is 10.9 Å². The number of carbonyl (C=O) groups excluding carboxylic acids is 2. The van der Waals surface area contributed by atoms with E-state index in [1.54, 1.807) is 6.08 Å². The normalized spacial score (nSPS) is 20.6. The number of isocyanates is 1. The van der Waals surface area contributed by atoms with E-state index in [9.17, 15) is 9.59 Å². The third-order valence-electron chi connectivity index (χ3n) is 2.16. The summed E-state index contributed by atoms with van der Waals surface area (Å²) in [6, 6.07) is 1.72. The van der Waals surface area contributed by atoms with Crippen LogP contribution in [0.5, 0.6) is 0 Å². The average molecular weight is 193 g/mol. The van der Waals surface area contributed by atoms with Crippen molar-refractivity contribution in [3.8, 4) is 0 Å². The van der Waals surface area contributed by atoms with Crippen LogP contribution >= 0.6 is 11.3 Å². The summed E-state index contributed by atoms with van der Waals surface area (Å²) in [6.45, 7) is 0. The van der Waals surface area contributed by atoms with E-state index >= 15 is 0 Å². The van der Waals surface area contributed by atoms with Crippen LogP contribution in [0.2, 0.25) is 0 Å². The number of rotatable bonds is 1. The van der Waals surface area contributed by atoms with E-state index in [2.05, 4.69) is 4.99 Å². The summed E-state index contributed by atoms with van der Waals surface area (Å²) in [4.78, 5) is 25.9. The zero-order valence-electron chi connectivity index (χ0n) is 6.82. The molecule has 66 valence electrons. The Bertz CT molecular complexity index is 390. The maximum atomic E-state index is 11.4. The Morgan fingerprint density at radius 1 is 1.62 bits per heavy atom. The van der Waals surface area contributed by atoms with Gasteiger partial charge in [0.2, 0.25) is 6.08 Å². The maximum Gasteiger partial charge on any atom is 0.235 e. The van der Waals surface area contributed by atoms with E-state index in [-0.39, 0.29) is 11.8 Å². The van der Waals surface area contributed by atoms with Gasteiger partial charge in [-0.2, -0.15) is 4.99 Å². The second kappa shape index (κ2) is 3.24. The fourth-order valence-corrected chi connectivity index (χ4v) is 2.47. The lowest BCUT2D eigenvalue weighted by molar-refractivity contribution is 0.0972. The minimum atomic E-state index is -0.142. The molecule has 0 radical (unpaired) electrons. The van der Waals surface area contributed by atoms with Crippen molar-refractivity contribution in [1.29, 1.82) is 0 Å². The Balaban J connectivity index is 2.46. The van der Waals surface area contributed by atoms with E-state index < -0.39 is 0 Å². The molecule has 0 bridgehead atoms. The Labute approximate surface area is 79.1 Å². The largest absolute Gasteiger partial charge is 0.293 e. The molecule has 0 fully saturated rings. The van der Waals surface area contributed by atoms with Crippen LogP contribution in [-0.2, 0) is 4.79 Å². The smallest absolute Gasteiger partial charge is 0.235 e. The second-order valence-corrected chi connectivity index (χ2v) is 3.82. The molecule has 1 aromatic rings. The van der Waals surface area contributed by atoms with Crippen molar-refractivity contribution in [1.82, 2.24) is 0 Å². The van der Waals surface area contributed by atoms with Gasteiger partial charge in [0.25, 0.3) is 0 Å². The molecule has 2 rings (SSSR count). The van der Waals surface area contributed by atoms with Crippen LogP contribution in [0.15, 0.2) is 16.4 Å². The summed E-state index contributed by atoms with van der Waals surface area (Å²) < 4.78 is 0. The summed E-state index contributed by atoms with van der Waals surface area (Å²) in [5.74, 6) is 0.169. The highest BCUT2D eigenvalue weighted by Gasteiger charge is 2.26. The molecular weight excluding hydrogens is 186 g/mol. The van der Waals surface area contributed by atoms with Gasteiger partial charge in [-0.15, -0.1) is 11.3 Å². The summed E-state index contributed by atoms with van der Waals surface area (Å²) in [5, 5.41) is 1.86. The van der Waals surface area contributed by atoms with Gasteiger partial charge in [-0.05, 0) is 23.4 Å². The lowest BCUT2D eigenvalue weighted by Gasteiger charge is -2.15. The summed E-state index contributed by atoms with van der Waals surface area (Å²) in [7, 11) is 0. The van der Waals surface area contributed by atoms with Crippen LogP contribution in [0.1, 0.15) is 34.1 Å². The molecule has 1 aliphatic rings. The number of ketones is 1. The number of fused-ring (bicyclic) bond motifs is 1. The number of hydrogen-bond acceptors (Lipinski definition) is 4. The molecule has 13 heavy (non-hydrogen) atoms. The van der Waals surface area contributed by atoms with Crippen molar-refractivity contribution in [2.45, 2.75) is 18.9 Å². The molecule has 0 saturated carbocycles. The zero-order valence-corrected chi connectivity index (χ0v) is 7.63. The van der Waals surface area contributed by atoms with Gasteiger partial charge in [-0.1, -0.05) is 0 Å². The standard InChI is InChI=1S/C9H7NO2S/c11-5-10-7-1-2-8(12)9-6(7)3-4-13-9/h3-4,7H,1-2H2. The molecule has 0 aromatic carbocycles. The highest BCUT2D eigenvalue weighted by Crippen LogP contribution is 2.35. The third kappa shape index (κ3) is 1.34. The molecule has 1 unspecified atom stereocenters. The summed E-state index contributed by atoms with van der Waals surface area (Å²) in [6.07, 6.45) is 2.68. The lowest BCUT2D eigenvalue weighted by Crippen LogP contribution is -2.11. The molecule has 0 saturated heterocycles. The summed E-state index contributed by atoms with van der Waals surface area (Å²) in [5.41, 5.74) is 0.893. The van der Waals surface area contributed by atoms with Gasteiger partial charge in [0.15, 0.2) is 5.78 Å². The van der Waals surface area contributed by atoms with Crippen molar-refractivity contribution in [2.24, 2.45) is 4.99 Å². The van der Waals surface area contributed by atoms with Gasteiger partial charge in [0.1, 0.15) is 0 Å². The number of thiophene rings is 1. The predicted molar refractivity (Wildman–Crippen MR) is 48.7 cm³/mol. The fourth-order valence-electron chi connectivity index (χ4n) is 1.54. The van der Waals surface area contributed by atoms with Gasteiger partial charge in [-0.3, -0.25) is 4.79 Å². The molecule has 4 heteroatoms.